The summed E-state index contributed by atoms with van der Waals surface area (Å²) in [7, 11) is 0. The fourth-order valence-electron chi connectivity index (χ4n) is 1.43. The van der Waals surface area contributed by atoms with E-state index < -0.39 is 0 Å². The van der Waals surface area contributed by atoms with E-state index in [2.05, 4.69) is 0 Å². The molecule has 1 aliphatic heterocycles. The summed E-state index contributed by atoms with van der Waals surface area (Å²) in [4.78, 5) is 24.5. The van der Waals surface area contributed by atoms with Gasteiger partial charge in [0, 0.05) is 19.0 Å². The van der Waals surface area contributed by atoms with Crippen molar-refractivity contribution in [2.75, 3.05) is 13.1 Å². The molecule has 0 unspecified atom stereocenters. The summed E-state index contributed by atoms with van der Waals surface area (Å²) in [6.07, 6.45) is 2.26. The average molecular weight is 183 g/mol. The van der Waals surface area contributed by atoms with E-state index in [1.807, 2.05) is 13.8 Å². The first-order valence-corrected chi connectivity index (χ1v) is 4.91. The Hall–Kier alpha value is -0.860. The number of nitrogens with zero attached hydrogens (tertiary/aromatic N) is 1. The summed E-state index contributed by atoms with van der Waals surface area (Å²) in [6, 6.07) is 0. The Balaban J connectivity index is 2.36. The molecule has 0 aliphatic carbocycles. The molecule has 1 saturated heterocycles. The third kappa shape index (κ3) is 2.83. The maximum Gasteiger partial charge on any atom is 0.230 e. The molecular formula is C10H17NO2. The van der Waals surface area contributed by atoms with E-state index in [1.54, 1.807) is 4.90 Å². The lowest BCUT2D eigenvalue weighted by molar-refractivity contribution is -0.135. The smallest absolute Gasteiger partial charge is 0.230 e. The highest BCUT2D eigenvalue weighted by Crippen LogP contribution is 2.10. The van der Waals surface area contributed by atoms with E-state index >= 15 is 0 Å². The minimum absolute atomic E-state index is 0.0104. The zero-order chi connectivity index (χ0) is 9.84. The quantitative estimate of drug-likeness (QED) is 0.617. The number of amides is 1. The van der Waals surface area contributed by atoms with Gasteiger partial charge in [0.2, 0.25) is 5.91 Å². The van der Waals surface area contributed by atoms with Gasteiger partial charge < -0.3 is 4.90 Å². The van der Waals surface area contributed by atoms with Gasteiger partial charge in [0.1, 0.15) is 5.78 Å². The molecular weight excluding hydrogens is 166 g/mol. The van der Waals surface area contributed by atoms with Gasteiger partial charge in [-0.2, -0.15) is 0 Å². The van der Waals surface area contributed by atoms with Crippen molar-refractivity contribution < 1.29 is 9.59 Å². The van der Waals surface area contributed by atoms with Gasteiger partial charge in [-0.1, -0.05) is 13.8 Å². The molecule has 0 radical (unpaired) electrons. The van der Waals surface area contributed by atoms with Gasteiger partial charge in [0.15, 0.2) is 0 Å². The second-order valence-corrected chi connectivity index (χ2v) is 3.89. The standard InChI is InChI=1S/C10H17NO2/c1-8(2)9(12)7-10(13)11-5-3-4-6-11/h8H,3-7H2,1-2H3. The van der Waals surface area contributed by atoms with Crippen molar-refractivity contribution in [2.24, 2.45) is 5.92 Å². The molecule has 13 heavy (non-hydrogen) atoms. The minimum Gasteiger partial charge on any atom is -0.342 e. The highest BCUT2D eigenvalue weighted by molar-refractivity contribution is 5.98. The molecule has 0 aromatic heterocycles. The van der Waals surface area contributed by atoms with Gasteiger partial charge in [0.05, 0.1) is 6.42 Å². The Morgan fingerprint density at radius 3 is 2.23 bits per heavy atom. The molecule has 1 rings (SSSR count). The molecule has 74 valence electrons. The van der Waals surface area contributed by atoms with Crippen molar-refractivity contribution in [2.45, 2.75) is 33.1 Å². The summed E-state index contributed by atoms with van der Waals surface area (Å²) >= 11 is 0. The Kier molecular flexibility index (Phi) is 3.46. The second kappa shape index (κ2) is 4.40. The molecule has 3 nitrogen and oxygen atoms in total. The molecule has 0 atom stereocenters. The summed E-state index contributed by atoms with van der Waals surface area (Å²) in [5, 5.41) is 0. The van der Waals surface area contributed by atoms with Crippen LogP contribution >= 0.6 is 0 Å². The van der Waals surface area contributed by atoms with Crippen molar-refractivity contribution in [3.63, 3.8) is 0 Å². The number of rotatable bonds is 3. The Morgan fingerprint density at radius 1 is 1.23 bits per heavy atom. The van der Waals surface area contributed by atoms with Gasteiger partial charge in [-0.05, 0) is 12.8 Å². The van der Waals surface area contributed by atoms with Crippen LogP contribution in [0.5, 0.6) is 0 Å². The van der Waals surface area contributed by atoms with Gasteiger partial charge in [0.25, 0.3) is 0 Å². The van der Waals surface area contributed by atoms with E-state index in [4.69, 9.17) is 0 Å². The Morgan fingerprint density at radius 2 is 1.77 bits per heavy atom. The van der Waals surface area contributed by atoms with Crippen LogP contribution in [0.1, 0.15) is 33.1 Å². The first-order valence-electron chi connectivity index (χ1n) is 4.91. The maximum absolute atomic E-state index is 11.5. The maximum atomic E-state index is 11.5. The van der Waals surface area contributed by atoms with Crippen LogP contribution in [0, 0.1) is 5.92 Å². The van der Waals surface area contributed by atoms with Gasteiger partial charge in [-0.25, -0.2) is 0 Å². The fourth-order valence-corrected chi connectivity index (χ4v) is 1.43. The number of likely N-dealkylation sites (tertiary alicyclic amines) is 1. The van der Waals surface area contributed by atoms with Crippen LogP contribution in [0.15, 0.2) is 0 Å². The van der Waals surface area contributed by atoms with Gasteiger partial charge in [-0.15, -0.1) is 0 Å². The first kappa shape index (κ1) is 10.2. The van der Waals surface area contributed by atoms with Crippen LogP contribution in [0.3, 0.4) is 0 Å². The lowest BCUT2D eigenvalue weighted by atomic mass is 10.1. The minimum atomic E-state index is -0.0217. The third-order valence-corrected chi connectivity index (χ3v) is 2.43. The van der Waals surface area contributed by atoms with Crippen LogP contribution in [0.4, 0.5) is 0 Å². The number of ketones is 1. The predicted molar refractivity (Wildman–Crippen MR) is 50.3 cm³/mol. The molecule has 1 aliphatic rings. The first-order chi connectivity index (χ1) is 6.11. The molecule has 1 fully saturated rings. The third-order valence-electron chi connectivity index (χ3n) is 2.43. The van der Waals surface area contributed by atoms with Crippen molar-refractivity contribution in [3.8, 4) is 0 Å². The molecule has 0 spiro atoms. The lowest BCUT2D eigenvalue weighted by Crippen LogP contribution is -2.30. The van der Waals surface area contributed by atoms with Crippen molar-refractivity contribution in [3.05, 3.63) is 0 Å². The molecule has 0 aromatic carbocycles. The van der Waals surface area contributed by atoms with E-state index in [0.717, 1.165) is 25.9 Å². The predicted octanol–water partition coefficient (Wildman–Crippen LogP) is 1.22. The van der Waals surface area contributed by atoms with Crippen molar-refractivity contribution in [1.29, 1.82) is 0 Å². The van der Waals surface area contributed by atoms with Crippen LogP contribution in [-0.2, 0) is 9.59 Å². The normalized spacial score (nSPS) is 16.7. The second-order valence-electron chi connectivity index (χ2n) is 3.89. The monoisotopic (exact) mass is 183 g/mol. The Bertz CT molecular complexity index is 205. The van der Waals surface area contributed by atoms with Crippen LogP contribution in [0.2, 0.25) is 0 Å². The van der Waals surface area contributed by atoms with E-state index in [-0.39, 0.29) is 24.0 Å². The highest BCUT2D eigenvalue weighted by atomic mass is 16.2. The van der Waals surface area contributed by atoms with E-state index in [1.165, 1.54) is 0 Å². The molecule has 3 heteroatoms. The number of carbonyl (C=O) groups excluding carboxylic acids is 2. The van der Waals surface area contributed by atoms with Crippen LogP contribution < -0.4 is 0 Å². The molecule has 0 N–H and O–H groups in total. The number of carbonyl (C=O) groups is 2. The topological polar surface area (TPSA) is 37.4 Å². The number of hydrogen-bond acceptors (Lipinski definition) is 2. The summed E-state index contributed by atoms with van der Waals surface area (Å²) in [5.41, 5.74) is 0. The molecule has 0 saturated carbocycles. The Labute approximate surface area is 79.1 Å². The molecule has 0 aromatic rings. The number of hydrogen-bond donors (Lipinski definition) is 0. The zero-order valence-corrected chi connectivity index (χ0v) is 8.38. The van der Waals surface area contributed by atoms with Crippen LogP contribution in [-0.4, -0.2) is 29.7 Å². The summed E-state index contributed by atoms with van der Waals surface area (Å²) in [5.74, 6) is 0.0413. The van der Waals surface area contributed by atoms with Crippen LogP contribution in [0.25, 0.3) is 0 Å². The highest BCUT2D eigenvalue weighted by Gasteiger charge is 2.21. The SMILES string of the molecule is CC(C)C(=O)CC(=O)N1CCCC1. The van der Waals surface area contributed by atoms with Crippen molar-refractivity contribution in [1.82, 2.24) is 4.90 Å². The summed E-state index contributed by atoms with van der Waals surface area (Å²) in [6.45, 7) is 5.34. The zero-order valence-electron chi connectivity index (χ0n) is 8.38. The molecule has 1 amide bonds. The fraction of sp³-hybridized carbons (Fsp3) is 0.800. The largest absolute Gasteiger partial charge is 0.342 e. The lowest BCUT2D eigenvalue weighted by Gasteiger charge is -2.14. The summed E-state index contributed by atoms with van der Waals surface area (Å²) < 4.78 is 0. The van der Waals surface area contributed by atoms with Gasteiger partial charge in [-0.3, -0.25) is 9.59 Å². The number of Topliss-reactive ketones (excluding diaryl/α,β-unsaturated/α-hetero) is 1. The van der Waals surface area contributed by atoms with Crippen molar-refractivity contribution >= 4 is 11.7 Å². The van der Waals surface area contributed by atoms with E-state index in [0.29, 0.717) is 0 Å². The average Bonchev–Trinajstić information content (AvgIpc) is 2.55. The molecule has 1 heterocycles. The van der Waals surface area contributed by atoms with Gasteiger partial charge >= 0.3 is 0 Å². The molecule has 0 bridgehead atoms. The van der Waals surface area contributed by atoms with E-state index in [9.17, 15) is 9.59 Å².